The summed E-state index contributed by atoms with van der Waals surface area (Å²) in [6.07, 6.45) is 0.956. The van der Waals surface area contributed by atoms with Crippen LogP contribution in [0, 0.1) is 5.41 Å². The molecule has 0 aliphatic heterocycles. The van der Waals surface area contributed by atoms with E-state index in [4.69, 9.17) is 5.73 Å². The van der Waals surface area contributed by atoms with Gasteiger partial charge in [0.1, 0.15) is 0 Å². The second-order valence-electron chi connectivity index (χ2n) is 7.57. The SMILES string of the molecule is CC(C)(C)C(=O)NCCCC(=O)NC(CN)c1ccc2ccccc2c1. The van der Waals surface area contributed by atoms with Crippen molar-refractivity contribution in [1.82, 2.24) is 10.6 Å². The smallest absolute Gasteiger partial charge is 0.225 e. The summed E-state index contributed by atoms with van der Waals surface area (Å²) in [5.41, 5.74) is 6.45. The van der Waals surface area contributed by atoms with Crippen molar-refractivity contribution < 1.29 is 9.59 Å². The molecule has 5 heteroatoms. The Kier molecular flexibility index (Phi) is 6.75. The molecule has 26 heavy (non-hydrogen) atoms. The zero-order chi connectivity index (χ0) is 19.2. The number of benzene rings is 2. The van der Waals surface area contributed by atoms with Crippen molar-refractivity contribution in [3.05, 3.63) is 48.0 Å². The predicted molar refractivity (Wildman–Crippen MR) is 106 cm³/mol. The summed E-state index contributed by atoms with van der Waals surface area (Å²) in [6, 6.07) is 14.0. The molecular weight excluding hydrogens is 326 g/mol. The Morgan fingerprint density at radius 3 is 2.42 bits per heavy atom. The molecule has 2 amide bonds. The van der Waals surface area contributed by atoms with Crippen LogP contribution >= 0.6 is 0 Å². The predicted octanol–water partition coefficient (Wildman–Crippen LogP) is 2.90. The molecule has 5 nitrogen and oxygen atoms in total. The third-order valence-corrected chi connectivity index (χ3v) is 4.29. The highest BCUT2D eigenvalue weighted by Gasteiger charge is 2.20. The lowest BCUT2D eigenvalue weighted by Gasteiger charge is -2.19. The van der Waals surface area contributed by atoms with E-state index in [0.29, 0.717) is 25.9 Å². The van der Waals surface area contributed by atoms with Gasteiger partial charge >= 0.3 is 0 Å². The van der Waals surface area contributed by atoms with Crippen LogP contribution in [0.25, 0.3) is 10.8 Å². The van der Waals surface area contributed by atoms with Crippen LogP contribution in [0.1, 0.15) is 45.2 Å². The monoisotopic (exact) mass is 355 g/mol. The van der Waals surface area contributed by atoms with Crippen LogP contribution in [0.3, 0.4) is 0 Å². The molecule has 0 radical (unpaired) electrons. The molecule has 0 fully saturated rings. The Bertz CT molecular complexity index is 765. The summed E-state index contributed by atoms with van der Waals surface area (Å²) >= 11 is 0. The van der Waals surface area contributed by atoms with Crippen molar-refractivity contribution >= 4 is 22.6 Å². The normalized spacial score (nSPS) is 12.6. The molecule has 0 aliphatic carbocycles. The van der Waals surface area contributed by atoms with Crippen LogP contribution in [-0.2, 0) is 9.59 Å². The standard InChI is InChI=1S/C21H29N3O2/c1-21(2,3)20(26)23-12-6-9-19(25)24-18(14-22)17-11-10-15-7-4-5-8-16(15)13-17/h4-5,7-8,10-11,13,18H,6,9,12,14,22H2,1-3H3,(H,23,26)(H,24,25). The first-order valence-electron chi connectivity index (χ1n) is 9.07. The molecule has 2 aromatic rings. The first kappa shape index (κ1) is 19.9. The van der Waals surface area contributed by atoms with E-state index in [2.05, 4.69) is 22.8 Å². The van der Waals surface area contributed by atoms with Gasteiger partial charge in [-0.25, -0.2) is 0 Å². The van der Waals surface area contributed by atoms with Crippen molar-refractivity contribution in [2.45, 2.75) is 39.7 Å². The first-order chi connectivity index (χ1) is 12.3. The molecule has 1 atom stereocenters. The molecular formula is C21H29N3O2. The fourth-order valence-electron chi connectivity index (χ4n) is 2.69. The summed E-state index contributed by atoms with van der Waals surface area (Å²) < 4.78 is 0. The van der Waals surface area contributed by atoms with E-state index in [1.54, 1.807) is 0 Å². The molecule has 0 heterocycles. The minimum absolute atomic E-state index is 0.00564. The van der Waals surface area contributed by atoms with Gasteiger partial charge in [-0.3, -0.25) is 9.59 Å². The Labute approximate surface area is 155 Å². The number of nitrogens with one attached hydrogen (secondary N) is 2. The van der Waals surface area contributed by atoms with Gasteiger partial charge in [0, 0.05) is 24.9 Å². The maximum absolute atomic E-state index is 12.2. The van der Waals surface area contributed by atoms with E-state index < -0.39 is 5.41 Å². The van der Waals surface area contributed by atoms with Crippen molar-refractivity contribution in [2.75, 3.05) is 13.1 Å². The molecule has 2 aromatic carbocycles. The topological polar surface area (TPSA) is 84.2 Å². The number of carbonyl (C=O) groups is 2. The summed E-state index contributed by atoms with van der Waals surface area (Å²) in [7, 11) is 0. The van der Waals surface area contributed by atoms with E-state index in [1.807, 2.05) is 51.1 Å². The summed E-state index contributed by atoms with van der Waals surface area (Å²) in [5, 5.41) is 8.13. The summed E-state index contributed by atoms with van der Waals surface area (Å²) in [5.74, 6) is -0.0625. The maximum Gasteiger partial charge on any atom is 0.225 e. The molecule has 1 unspecified atom stereocenters. The van der Waals surface area contributed by atoms with E-state index in [-0.39, 0.29) is 17.9 Å². The van der Waals surface area contributed by atoms with E-state index in [0.717, 1.165) is 16.3 Å². The lowest BCUT2D eigenvalue weighted by atomic mass is 9.96. The largest absolute Gasteiger partial charge is 0.356 e. The molecule has 0 saturated carbocycles. The number of hydrogen-bond donors (Lipinski definition) is 3. The quantitative estimate of drug-likeness (QED) is 0.668. The lowest BCUT2D eigenvalue weighted by molar-refractivity contribution is -0.128. The third-order valence-electron chi connectivity index (χ3n) is 4.29. The zero-order valence-corrected chi connectivity index (χ0v) is 15.8. The highest BCUT2D eigenvalue weighted by atomic mass is 16.2. The van der Waals surface area contributed by atoms with E-state index in [1.165, 1.54) is 0 Å². The van der Waals surface area contributed by atoms with Crippen molar-refractivity contribution in [2.24, 2.45) is 11.1 Å². The fourth-order valence-corrected chi connectivity index (χ4v) is 2.69. The molecule has 4 N–H and O–H groups in total. The highest BCUT2D eigenvalue weighted by Crippen LogP contribution is 2.20. The van der Waals surface area contributed by atoms with Gasteiger partial charge in [-0.1, -0.05) is 57.2 Å². The molecule has 140 valence electrons. The van der Waals surface area contributed by atoms with Gasteiger partial charge in [-0.2, -0.15) is 0 Å². The van der Waals surface area contributed by atoms with Gasteiger partial charge in [-0.05, 0) is 28.8 Å². The van der Waals surface area contributed by atoms with Crippen molar-refractivity contribution in [3.63, 3.8) is 0 Å². The molecule has 2 rings (SSSR count). The third kappa shape index (κ3) is 5.56. The summed E-state index contributed by atoms with van der Waals surface area (Å²) in [4.78, 5) is 24.0. The number of nitrogens with two attached hydrogens (primary N) is 1. The van der Waals surface area contributed by atoms with Gasteiger partial charge in [0.2, 0.25) is 11.8 Å². The van der Waals surface area contributed by atoms with Crippen molar-refractivity contribution in [3.8, 4) is 0 Å². The minimum atomic E-state index is -0.414. The molecule has 0 saturated heterocycles. The highest BCUT2D eigenvalue weighted by molar-refractivity contribution is 5.83. The summed E-state index contributed by atoms with van der Waals surface area (Å²) in [6.45, 7) is 6.43. The average molecular weight is 355 g/mol. The Morgan fingerprint density at radius 2 is 1.77 bits per heavy atom. The second kappa shape index (κ2) is 8.81. The van der Waals surface area contributed by atoms with Crippen LogP contribution in [0.2, 0.25) is 0 Å². The molecule has 0 aromatic heterocycles. The van der Waals surface area contributed by atoms with Crippen molar-refractivity contribution in [1.29, 1.82) is 0 Å². The van der Waals surface area contributed by atoms with Crippen LogP contribution in [0.4, 0.5) is 0 Å². The first-order valence-corrected chi connectivity index (χ1v) is 9.07. The molecule has 0 aliphatic rings. The maximum atomic E-state index is 12.2. The number of fused-ring (bicyclic) bond motifs is 1. The Hall–Kier alpha value is -2.40. The van der Waals surface area contributed by atoms with Crippen LogP contribution in [0.5, 0.6) is 0 Å². The van der Waals surface area contributed by atoms with Gasteiger partial charge in [0.25, 0.3) is 0 Å². The minimum Gasteiger partial charge on any atom is -0.356 e. The van der Waals surface area contributed by atoms with Gasteiger partial charge < -0.3 is 16.4 Å². The Balaban J connectivity index is 1.86. The molecule has 0 spiro atoms. The van der Waals surface area contributed by atoms with Gasteiger partial charge in [-0.15, -0.1) is 0 Å². The fraction of sp³-hybridized carbons (Fsp3) is 0.429. The van der Waals surface area contributed by atoms with Gasteiger partial charge in [0.05, 0.1) is 6.04 Å². The second-order valence-corrected chi connectivity index (χ2v) is 7.57. The number of hydrogen-bond acceptors (Lipinski definition) is 3. The zero-order valence-electron chi connectivity index (χ0n) is 15.8. The lowest BCUT2D eigenvalue weighted by Crippen LogP contribution is -2.36. The van der Waals surface area contributed by atoms with E-state index >= 15 is 0 Å². The van der Waals surface area contributed by atoms with Gasteiger partial charge in [0.15, 0.2) is 0 Å². The van der Waals surface area contributed by atoms with Crippen LogP contribution < -0.4 is 16.4 Å². The number of rotatable bonds is 7. The van der Waals surface area contributed by atoms with Crippen LogP contribution in [-0.4, -0.2) is 24.9 Å². The average Bonchev–Trinajstić information content (AvgIpc) is 2.61. The number of amides is 2. The van der Waals surface area contributed by atoms with E-state index in [9.17, 15) is 9.59 Å². The molecule has 0 bridgehead atoms. The Morgan fingerprint density at radius 1 is 1.08 bits per heavy atom. The van der Waals surface area contributed by atoms with Crippen LogP contribution in [0.15, 0.2) is 42.5 Å². The number of carbonyl (C=O) groups excluding carboxylic acids is 2.